The molecule has 0 spiro atoms. The van der Waals surface area contributed by atoms with Gasteiger partial charge in [0.2, 0.25) is 5.43 Å². The lowest BCUT2D eigenvalue weighted by Crippen LogP contribution is -2.59. The van der Waals surface area contributed by atoms with E-state index in [2.05, 4.69) is 15.3 Å². The second-order valence-electron chi connectivity index (χ2n) is 8.99. The van der Waals surface area contributed by atoms with Crippen LogP contribution >= 0.6 is 0 Å². The molecule has 34 heavy (non-hydrogen) atoms. The Hall–Kier alpha value is -2.72. The normalized spacial score (nSPS) is 19.1. The molecule has 2 aromatic rings. The minimum Gasteiger partial charge on any atom is -0.379 e. The Kier molecular flexibility index (Phi) is 7.09. The quantitative estimate of drug-likeness (QED) is 0.714. The Bertz CT molecular complexity index is 1090. The Morgan fingerprint density at radius 3 is 2.50 bits per heavy atom. The van der Waals surface area contributed by atoms with Gasteiger partial charge in [0, 0.05) is 36.9 Å². The molecule has 1 aliphatic heterocycles. The maximum atomic E-state index is 13.6. The molecule has 4 rings (SSSR count). The van der Waals surface area contributed by atoms with Gasteiger partial charge in [0.15, 0.2) is 5.69 Å². The fourth-order valence-corrected chi connectivity index (χ4v) is 5.03. The SMILES string of the molecule is Cc1cc(=O)c(C(=O)NCC2(N3CCOCC3)CCCCC2)nn1-c1ccccc1C(F)(F)F. The zero-order chi connectivity index (χ0) is 24.3. The van der Waals surface area contributed by atoms with Crippen LogP contribution in [0.1, 0.15) is 53.8 Å². The summed E-state index contributed by atoms with van der Waals surface area (Å²) in [6.45, 7) is 4.66. The minimum absolute atomic E-state index is 0.204. The summed E-state index contributed by atoms with van der Waals surface area (Å²) in [6.07, 6.45) is 0.494. The number of halogens is 3. The van der Waals surface area contributed by atoms with Crippen LogP contribution in [0.15, 0.2) is 35.1 Å². The number of aryl methyl sites for hydroxylation is 1. The first kappa shape index (κ1) is 24.4. The number of ether oxygens (including phenoxy) is 1. The Labute approximate surface area is 195 Å². The summed E-state index contributed by atoms with van der Waals surface area (Å²) in [6, 6.07) is 6.10. The third-order valence-corrected chi connectivity index (χ3v) is 6.80. The number of amides is 1. The van der Waals surface area contributed by atoms with Crippen molar-refractivity contribution < 1.29 is 22.7 Å². The largest absolute Gasteiger partial charge is 0.418 e. The molecule has 7 nitrogen and oxygen atoms in total. The Morgan fingerprint density at radius 1 is 1.15 bits per heavy atom. The number of carbonyl (C=O) groups excluding carboxylic acids is 1. The molecule has 1 saturated carbocycles. The van der Waals surface area contributed by atoms with E-state index in [-0.39, 0.29) is 16.9 Å². The lowest BCUT2D eigenvalue weighted by molar-refractivity contribution is -0.137. The first-order valence-electron chi connectivity index (χ1n) is 11.6. The molecular weight excluding hydrogens is 449 g/mol. The molecular formula is C24H29F3N4O3. The summed E-state index contributed by atoms with van der Waals surface area (Å²) in [4.78, 5) is 28.0. The molecule has 1 amide bonds. The zero-order valence-electron chi connectivity index (χ0n) is 19.2. The van der Waals surface area contributed by atoms with Gasteiger partial charge in [-0.15, -0.1) is 0 Å². The second-order valence-corrected chi connectivity index (χ2v) is 8.99. The van der Waals surface area contributed by atoms with Gasteiger partial charge in [-0.2, -0.15) is 18.3 Å². The van der Waals surface area contributed by atoms with Gasteiger partial charge in [-0.05, 0) is 31.9 Å². The third kappa shape index (κ3) is 5.02. The van der Waals surface area contributed by atoms with Gasteiger partial charge in [0.25, 0.3) is 5.91 Å². The van der Waals surface area contributed by atoms with Crippen LogP contribution < -0.4 is 10.7 Å². The van der Waals surface area contributed by atoms with Crippen LogP contribution in [0, 0.1) is 6.92 Å². The van der Waals surface area contributed by atoms with Gasteiger partial charge >= 0.3 is 6.18 Å². The monoisotopic (exact) mass is 478 g/mol. The number of alkyl halides is 3. The average molecular weight is 479 g/mol. The van der Waals surface area contributed by atoms with Crippen LogP contribution in [0.4, 0.5) is 13.2 Å². The molecule has 0 bridgehead atoms. The maximum absolute atomic E-state index is 13.6. The van der Waals surface area contributed by atoms with Crippen LogP contribution in [-0.2, 0) is 10.9 Å². The predicted octanol–water partition coefficient (Wildman–Crippen LogP) is 3.32. The van der Waals surface area contributed by atoms with Crippen LogP contribution in [-0.4, -0.2) is 59.0 Å². The topological polar surface area (TPSA) is 76.5 Å². The summed E-state index contributed by atoms with van der Waals surface area (Å²) < 4.78 is 47.2. The summed E-state index contributed by atoms with van der Waals surface area (Å²) in [5, 5.41) is 6.94. The summed E-state index contributed by atoms with van der Waals surface area (Å²) in [5.74, 6) is -0.679. The van der Waals surface area contributed by atoms with Gasteiger partial charge in [-0.25, -0.2) is 4.68 Å². The van der Waals surface area contributed by atoms with Crippen molar-refractivity contribution in [3.63, 3.8) is 0 Å². The standard InChI is InChI=1S/C24H29F3N4O3/c1-17-15-20(32)21(29-31(17)19-8-4-3-7-18(19)24(25,26)27)22(33)28-16-23(9-5-2-6-10-23)30-11-13-34-14-12-30/h3-4,7-8,15H,2,5-6,9-14,16H2,1H3,(H,28,33). The van der Waals surface area contributed by atoms with Gasteiger partial charge in [-0.3, -0.25) is 14.5 Å². The number of rotatable bonds is 5. The molecule has 2 heterocycles. The van der Waals surface area contributed by atoms with Gasteiger partial charge in [0.1, 0.15) is 0 Å². The van der Waals surface area contributed by atoms with E-state index in [1.165, 1.54) is 25.1 Å². The van der Waals surface area contributed by atoms with E-state index < -0.39 is 28.8 Å². The number of carbonyl (C=O) groups is 1. The number of morpholine rings is 1. The van der Waals surface area contributed by atoms with E-state index in [1.54, 1.807) is 0 Å². The van der Waals surface area contributed by atoms with E-state index >= 15 is 0 Å². The molecule has 1 aliphatic carbocycles. The molecule has 0 unspecified atom stereocenters. The van der Waals surface area contributed by atoms with Crippen LogP contribution in [0.2, 0.25) is 0 Å². The lowest BCUT2D eigenvalue weighted by atomic mass is 9.79. The molecule has 1 saturated heterocycles. The molecule has 184 valence electrons. The fourth-order valence-electron chi connectivity index (χ4n) is 5.03. The summed E-state index contributed by atoms with van der Waals surface area (Å²) in [5.41, 5.74) is -2.19. The van der Waals surface area contributed by atoms with Crippen molar-refractivity contribution in [2.45, 2.75) is 50.7 Å². The molecule has 2 aliphatic rings. The number of benzene rings is 1. The Morgan fingerprint density at radius 2 is 1.82 bits per heavy atom. The fraction of sp³-hybridized carbons (Fsp3) is 0.542. The second kappa shape index (κ2) is 9.87. The minimum atomic E-state index is -4.61. The average Bonchev–Trinajstić information content (AvgIpc) is 2.83. The van der Waals surface area contributed by atoms with Gasteiger partial charge in [0.05, 0.1) is 24.5 Å². The zero-order valence-corrected chi connectivity index (χ0v) is 19.2. The summed E-state index contributed by atoms with van der Waals surface area (Å²) in [7, 11) is 0. The predicted molar refractivity (Wildman–Crippen MR) is 120 cm³/mol. The molecule has 10 heteroatoms. The molecule has 0 radical (unpaired) electrons. The highest BCUT2D eigenvalue weighted by atomic mass is 19.4. The van der Waals surface area contributed by atoms with Crippen LogP contribution in [0.3, 0.4) is 0 Å². The first-order chi connectivity index (χ1) is 16.2. The molecule has 1 aromatic heterocycles. The van der Waals surface area contributed by atoms with E-state index in [1.807, 2.05) is 0 Å². The van der Waals surface area contributed by atoms with Gasteiger partial charge < -0.3 is 10.1 Å². The number of nitrogens with zero attached hydrogens (tertiary/aromatic N) is 3. The smallest absolute Gasteiger partial charge is 0.379 e. The number of nitrogens with one attached hydrogen (secondary N) is 1. The third-order valence-electron chi connectivity index (χ3n) is 6.80. The highest BCUT2D eigenvalue weighted by Crippen LogP contribution is 2.35. The van der Waals surface area contributed by atoms with Crippen LogP contribution in [0.25, 0.3) is 5.69 Å². The highest BCUT2D eigenvalue weighted by Gasteiger charge is 2.39. The van der Waals surface area contributed by atoms with E-state index in [9.17, 15) is 22.8 Å². The van der Waals surface area contributed by atoms with Crippen molar-refractivity contribution in [1.82, 2.24) is 20.0 Å². The molecule has 2 fully saturated rings. The highest BCUT2D eigenvalue weighted by molar-refractivity contribution is 5.92. The number of hydrogen-bond donors (Lipinski definition) is 1. The number of para-hydroxylation sites is 1. The molecule has 1 N–H and O–H groups in total. The number of aromatic nitrogens is 2. The molecule has 1 aromatic carbocycles. The van der Waals surface area contributed by atoms with Crippen molar-refractivity contribution in [2.75, 3.05) is 32.8 Å². The van der Waals surface area contributed by atoms with E-state index in [0.717, 1.165) is 62.0 Å². The van der Waals surface area contributed by atoms with E-state index in [0.29, 0.717) is 19.8 Å². The van der Waals surface area contributed by atoms with Crippen molar-refractivity contribution in [3.8, 4) is 5.69 Å². The summed E-state index contributed by atoms with van der Waals surface area (Å²) >= 11 is 0. The number of hydrogen-bond acceptors (Lipinski definition) is 5. The van der Waals surface area contributed by atoms with Crippen LogP contribution in [0.5, 0.6) is 0 Å². The van der Waals surface area contributed by atoms with Crippen molar-refractivity contribution in [3.05, 3.63) is 57.5 Å². The lowest BCUT2D eigenvalue weighted by Gasteiger charge is -2.48. The van der Waals surface area contributed by atoms with Crippen molar-refractivity contribution in [1.29, 1.82) is 0 Å². The van der Waals surface area contributed by atoms with Crippen molar-refractivity contribution >= 4 is 5.91 Å². The van der Waals surface area contributed by atoms with Gasteiger partial charge in [-0.1, -0.05) is 31.4 Å². The van der Waals surface area contributed by atoms with E-state index in [4.69, 9.17) is 4.74 Å². The Balaban J connectivity index is 1.61. The maximum Gasteiger partial charge on any atom is 0.418 e. The van der Waals surface area contributed by atoms with Crippen molar-refractivity contribution in [2.24, 2.45) is 0 Å². The molecule has 0 atom stereocenters. The first-order valence-corrected chi connectivity index (χ1v) is 11.6.